The molecule has 28 heavy (non-hydrogen) atoms. The van der Waals surface area contributed by atoms with Crippen molar-refractivity contribution in [3.05, 3.63) is 0 Å². The van der Waals surface area contributed by atoms with Crippen LogP contribution < -0.4 is 0 Å². The molecule has 5 fully saturated rings. The molecule has 4 aliphatic carbocycles. The summed E-state index contributed by atoms with van der Waals surface area (Å²) in [6, 6.07) is 0. The number of carbonyl (C=O) groups excluding carboxylic acids is 2. The van der Waals surface area contributed by atoms with Gasteiger partial charge in [-0.3, -0.25) is 9.59 Å². The third-order valence-electron chi connectivity index (χ3n) is 10.1. The molecule has 1 heterocycles. The Morgan fingerprint density at radius 3 is 2.32 bits per heavy atom. The maximum atomic E-state index is 12.8. The van der Waals surface area contributed by atoms with Gasteiger partial charge in [0.2, 0.25) is 0 Å². The van der Waals surface area contributed by atoms with Gasteiger partial charge in [-0.05, 0) is 69.6 Å². The van der Waals surface area contributed by atoms with E-state index in [9.17, 15) is 14.7 Å². The van der Waals surface area contributed by atoms with Gasteiger partial charge in [-0.15, -0.1) is 0 Å². The highest BCUT2D eigenvalue weighted by Crippen LogP contribution is 2.74. The van der Waals surface area contributed by atoms with Crippen molar-refractivity contribution in [3.63, 3.8) is 0 Å². The Bertz CT molecular complexity index is 735. The maximum Gasteiger partial charge on any atom is 0.303 e. The van der Waals surface area contributed by atoms with Gasteiger partial charge < -0.3 is 14.6 Å². The summed E-state index contributed by atoms with van der Waals surface area (Å²) in [5, 5.41) is 10.3. The molecule has 1 saturated heterocycles. The number of aliphatic hydroxyl groups is 1. The second kappa shape index (κ2) is 5.60. The lowest BCUT2D eigenvalue weighted by molar-refractivity contribution is -0.190. The lowest BCUT2D eigenvalue weighted by Crippen LogP contribution is -2.61. The molecule has 0 aromatic rings. The highest BCUT2D eigenvalue weighted by Gasteiger charge is 2.77. The standard InChI is InChI=1S/C23H34O5/c1-13(24)22(27-14(2)25)10-7-18-16-11-19-23(28-19)12-15(26)5-8-21(23,4)17(16)6-9-20(18,22)3/h15-19,26H,5-12H2,1-4H3/t15-,16+,17-,18-,19+,20-,21+,22+,23-/m0/s1. The van der Waals surface area contributed by atoms with E-state index in [0.29, 0.717) is 24.2 Å². The van der Waals surface area contributed by atoms with Gasteiger partial charge >= 0.3 is 5.97 Å². The molecule has 0 amide bonds. The molecule has 5 nitrogen and oxygen atoms in total. The predicted molar refractivity (Wildman–Crippen MR) is 102 cm³/mol. The second-order valence-corrected chi connectivity index (χ2v) is 10.9. The van der Waals surface area contributed by atoms with Gasteiger partial charge in [-0.2, -0.15) is 0 Å². The number of hydrogen-bond acceptors (Lipinski definition) is 5. The van der Waals surface area contributed by atoms with E-state index < -0.39 is 5.60 Å². The Hall–Kier alpha value is -0.940. The molecule has 5 aliphatic rings. The summed E-state index contributed by atoms with van der Waals surface area (Å²) in [6.07, 6.45) is 7.29. The summed E-state index contributed by atoms with van der Waals surface area (Å²) in [4.78, 5) is 24.7. The van der Waals surface area contributed by atoms with Gasteiger partial charge in [-0.1, -0.05) is 13.8 Å². The fraction of sp³-hybridized carbons (Fsp3) is 0.913. The molecule has 5 rings (SSSR count). The van der Waals surface area contributed by atoms with Crippen LogP contribution in [0.2, 0.25) is 0 Å². The molecule has 0 aromatic carbocycles. The SMILES string of the molecule is CC(=O)O[C@@]1(C(C)=O)CC[C@H]2[C@@H]3C[C@H]4O[C@@]45C[C@@H](O)CC[C@]5(C)[C@H]3CC[C@@]21C. The van der Waals surface area contributed by atoms with Crippen LogP contribution in [0.15, 0.2) is 0 Å². The normalized spacial score (nSPS) is 56.7. The maximum absolute atomic E-state index is 12.8. The van der Waals surface area contributed by atoms with Gasteiger partial charge in [0, 0.05) is 24.2 Å². The molecule has 1 aliphatic heterocycles. The molecule has 4 saturated carbocycles. The Balaban J connectivity index is 1.51. The minimum absolute atomic E-state index is 0.00554. The zero-order valence-electron chi connectivity index (χ0n) is 17.6. The van der Waals surface area contributed by atoms with Crippen LogP contribution in [0, 0.1) is 28.6 Å². The van der Waals surface area contributed by atoms with Crippen molar-refractivity contribution in [1.82, 2.24) is 0 Å². The summed E-state index contributed by atoms with van der Waals surface area (Å²) in [5.74, 6) is 1.13. The lowest BCUT2D eigenvalue weighted by atomic mass is 9.44. The first kappa shape index (κ1) is 19.0. The molecule has 0 bridgehead atoms. The van der Waals surface area contributed by atoms with Gasteiger partial charge in [0.05, 0.1) is 12.2 Å². The van der Waals surface area contributed by atoms with Crippen molar-refractivity contribution in [1.29, 1.82) is 0 Å². The molecule has 9 atom stereocenters. The average Bonchev–Trinajstić information content (AvgIpc) is 3.21. The molecular formula is C23H34O5. The molecule has 0 radical (unpaired) electrons. The average molecular weight is 391 g/mol. The smallest absolute Gasteiger partial charge is 0.303 e. The van der Waals surface area contributed by atoms with E-state index in [-0.39, 0.29) is 40.4 Å². The van der Waals surface area contributed by atoms with E-state index in [0.717, 1.165) is 44.9 Å². The largest absolute Gasteiger partial charge is 0.451 e. The molecule has 1 spiro atoms. The van der Waals surface area contributed by atoms with E-state index in [1.54, 1.807) is 6.92 Å². The van der Waals surface area contributed by atoms with Crippen LogP contribution in [0.1, 0.15) is 79.1 Å². The molecule has 0 unspecified atom stereocenters. The highest BCUT2D eigenvalue weighted by atomic mass is 16.6. The van der Waals surface area contributed by atoms with Gasteiger partial charge in [-0.25, -0.2) is 0 Å². The van der Waals surface area contributed by atoms with Crippen molar-refractivity contribution in [2.24, 2.45) is 28.6 Å². The zero-order chi connectivity index (χ0) is 20.1. The van der Waals surface area contributed by atoms with Crippen molar-refractivity contribution >= 4 is 11.8 Å². The lowest BCUT2D eigenvalue weighted by Gasteiger charge is -2.60. The Morgan fingerprint density at radius 1 is 1.00 bits per heavy atom. The molecule has 156 valence electrons. The first-order valence-corrected chi connectivity index (χ1v) is 11.2. The molecule has 1 N–H and O–H groups in total. The summed E-state index contributed by atoms with van der Waals surface area (Å²) < 4.78 is 12.2. The van der Waals surface area contributed by atoms with Gasteiger partial charge in [0.15, 0.2) is 11.4 Å². The Labute approximate surface area is 167 Å². The number of esters is 1. The van der Waals surface area contributed by atoms with Crippen LogP contribution in [0.3, 0.4) is 0 Å². The first-order valence-electron chi connectivity index (χ1n) is 11.2. The quantitative estimate of drug-likeness (QED) is 0.578. The fourth-order valence-corrected chi connectivity index (χ4v) is 8.72. The van der Waals surface area contributed by atoms with E-state index in [1.807, 2.05) is 0 Å². The van der Waals surface area contributed by atoms with Crippen LogP contribution >= 0.6 is 0 Å². The number of hydrogen-bond donors (Lipinski definition) is 1. The third kappa shape index (κ3) is 2.05. The second-order valence-electron chi connectivity index (χ2n) is 10.9. The van der Waals surface area contributed by atoms with Crippen LogP contribution in [0.4, 0.5) is 0 Å². The number of Topliss-reactive ketones (excluding diaryl/α,β-unsaturated/α-hetero) is 1. The number of rotatable bonds is 2. The van der Waals surface area contributed by atoms with Gasteiger partial charge in [0.25, 0.3) is 0 Å². The van der Waals surface area contributed by atoms with Crippen molar-refractivity contribution in [3.8, 4) is 0 Å². The third-order valence-corrected chi connectivity index (χ3v) is 10.1. The van der Waals surface area contributed by atoms with Crippen molar-refractivity contribution in [2.75, 3.05) is 0 Å². The van der Waals surface area contributed by atoms with Gasteiger partial charge in [0.1, 0.15) is 5.60 Å². The number of fused-ring (bicyclic) bond motifs is 4. The van der Waals surface area contributed by atoms with E-state index in [4.69, 9.17) is 9.47 Å². The first-order chi connectivity index (χ1) is 13.1. The molecular weight excluding hydrogens is 356 g/mol. The topological polar surface area (TPSA) is 76.1 Å². The summed E-state index contributed by atoms with van der Waals surface area (Å²) in [5.41, 5.74) is -1.25. The number of epoxide rings is 1. The fourth-order valence-electron chi connectivity index (χ4n) is 8.72. The summed E-state index contributed by atoms with van der Waals surface area (Å²) >= 11 is 0. The van der Waals surface area contributed by atoms with Crippen molar-refractivity contribution < 1.29 is 24.2 Å². The monoisotopic (exact) mass is 390 g/mol. The Kier molecular flexibility index (Phi) is 3.81. The van der Waals surface area contributed by atoms with Crippen LogP contribution in [-0.2, 0) is 19.1 Å². The van der Waals surface area contributed by atoms with Crippen LogP contribution in [0.25, 0.3) is 0 Å². The number of aliphatic hydroxyl groups excluding tert-OH is 1. The minimum atomic E-state index is -0.961. The predicted octanol–water partition coefficient (Wildman–Crippen LogP) is 3.41. The molecule has 0 aromatic heterocycles. The van der Waals surface area contributed by atoms with Crippen molar-refractivity contribution in [2.45, 2.75) is 102 Å². The van der Waals surface area contributed by atoms with Crippen LogP contribution in [0.5, 0.6) is 0 Å². The zero-order valence-corrected chi connectivity index (χ0v) is 17.6. The van der Waals surface area contributed by atoms with Crippen LogP contribution in [-0.4, -0.2) is 40.3 Å². The van der Waals surface area contributed by atoms with E-state index in [2.05, 4.69) is 13.8 Å². The number of ketones is 1. The van der Waals surface area contributed by atoms with E-state index in [1.165, 1.54) is 6.92 Å². The highest BCUT2D eigenvalue weighted by molar-refractivity contribution is 5.89. The summed E-state index contributed by atoms with van der Waals surface area (Å²) in [7, 11) is 0. The minimum Gasteiger partial charge on any atom is -0.451 e. The molecule has 5 heteroatoms. The summed E-state index contributed by atoms with van der Waals surface area (Å²) in [6.45, 7) is 7.63. The number of carbonyl (C=O) groups is 2. The van der Waals surface area contributed by atoms with E-state index >= 15 is 0 Å². The Morgan fingerprint density at radius 2 is 1.64 bits per heavy atom. The number of ether oxygens (including phenoxy) is 2.